The molecule has 1 saturated heterocycles. The van der Waals surface area contributed by atoms with E-state index in [1.54, 1.807) is 13.0 Å². The maximum absolute atomic E-state index is 17.6. The molecule has 4 N–H and O–H groups in total. The lowest BCUT2D eigenvalue weighted by Crippen LogP contribution is -2.70. The van der Waals surface area contributed by atoms with Gasteiger partial charge in [-0.15, -0.1) is 0 Å². The van der Waals surface area contributed by atoms with Crippen LogP contribution in [0.25, 0.3) is 0 Å². The first-order chi connectivity index (χ1) is 21.3. The zero-order valence-corrected chi connectivity index (χ0v) is 25.8. The highest BCUT2D eigenvalue weighted by molar-refractivity contribution is 6.33. The molecule has 10 unspecified atom stereocenters. The van der Waals surface area contributed by atoms with Gasteiger partial charge < -0.3 is 25.4 Å². The summed E-state index contributed by atoms with van der Waals surface area (Å²) in [7, 11) is 0. The predicted molar refractivity (Wildman–Crippen MR) is 163 cm³/mol. The van der Waals surface area contributed by atoms with Crippen LogP contribution in [-0.2, 0) is 25.5 Å². The summed E-state index contributed by atoms with van der Waals surface area (Å²) in [6.07, 6.45) is -0.873. The molecular formula is C35H36ClF2NO6. The number of Topliss-reactive ketones (excluding diaryl/α,β-unsaturated/α-hetero) is 1. The summed E-state index contributed by atoms with van der Waals surface area (Å²) in [5, 5.41) is 22.3. The smallest absolute Gasteiger partial charge is 0.193 e. The van der Waals surface area contributed by atoms with Crippen molar-refractivity contribution in [1.29, 1.82) is 0 Å². The van der Waals surface area contributed by atoms with Crippen molar-refractivity contribution < 1.29 is 38.1 Å². The number of anilines is 1. The van der Waals surface area contributed by atoms with Crippen LogP contribution in [0.1, 0.15) is 56.1 Å². The number of aliphatic hydroxyl groups is 2. The molecule has 5 aliphatic rings. The molecule has 45 heavy (non-hydrogen) atoms. The minimum Gasteiger partial charge on any atom is -0.398 e. The summed E-state index contributed by atoms with van der Waals surface area (Å²) < 4.78 is 46.3. The number of hydrogen-bond donors (Lipinski definition) is 3. The fraction of sp³-hybridized carbons (Fsp3) is 0.486. The molecule has 0 spiro atoms. The topological polar surface area (TPSA) is 119 Å². The number of allylic oxidation sites excluding steroid dienone is 4. The second-order valence-corrected chi connectivity index (χ2v) is 14.2. The van der Waals surface area contributed by atoms with Crippen molar-refractivity contribution in [3.63, 3.8) is 0 Å². The Bertz CT molecular complexity index is 1650. The largest absolute Gasteiger partial charge is 0.398 e. The molecule has 238 valence electrons. The summed E-state index contributed by atoms with van der Waals surface area (Å²) in [6.45, 7) is 2.47. The number of carbonyl (C=O) groups excluding carboxylic acids is 2. The highest BCUT2D eigenvalue weighted by Gasteiger charge is 2.80. The van der Waals surface area contributed by atoms with E-state index in [4.69, 9.17) is 26.8 Å². The van der Waals surface area contributed by atoms with Crippen molar-refractivity contribution in [2.24, 2.45) is 22.7 Å². The summed E-state index contributed by atoms with van der Waals surface area (Å²) in [5.74, 6) is -2.63. The molecular weight excluding hydrogens is 604 g/mol. The minimum absolute atomic E-state index is 0.0336. The van der Waals surface area contributed by atoms with E-state index in [9.17, 15) is 19.8 Å². The van der Waals surface area contributed by atoms with E-state index in [1.165, 1.54) is 19.1 Å². The Kier molecular flexibility index (Phi) is 7.01. The Morgan fingerprint density at radius 2 is 1.82 bits per heavy atom. The molecule has 10 atom stereocenters. The third-order valence-electron chi connectivity index (χ3n) is 11.6. The van der Waals surface area contributed by atoms with Gasteiger partial charge in [-0.25, -0.2) is 8.78 Å². The zero-order valence-electron chi connectivity index (χ0n) is 25.0. The zero-order chi connectivity index (χ0) is 32.1. The second kappa shape index (κ2) is 10.3. The first-order valence-electron chi connectivity index (χ1n) is 15.3. The number of aliphatic hydroxyl groups excluding tert-OH is 2. The monoisotopic (exact) mass is 639 g/mol. The van der Waals surface area contributed by atoms with Gasteiger partial charge >= 0.3 is 0 Å². The van der Waals surface area contributed by atoms with Gasteiger partial charge in [0.1, 0.15) is 12.8 Å². The van der Waals surface area contributed by atoms with Gasteiger partial charge in [-0.3, -0.25) is 9.59 Å². The van der Waals surface area contributed by atoms with Crippen LogP contribution in [0.15, 0.2) is 66.3 Å². The summed E-state index contributed by atoms with van der Waals surface area (Å²) in [4.78, 5) is 25.8. The third-order valence-corrected chi connectivity index (χ3v) is 12.0. The van der Waals surface area contributed by atoms with Crippen LogP contribution in [-0.4, -0.2) is 58.0 Å². The molecule has 0 radical (unpaired) electrons. The van der Waals surface area contributed by atoms with Crippen molar-refractivity contribution in [2.75, 3.05) is 12.3 Å². The number of rotatable bonds is 5. The maximum Gasteiger partial charge on any atom is 0.193 e. The van der Waals surface area contributed by atoms with Crippen molar-refractivity contribution in [3.05, 3.63) is 88.0 Å². The molecule has 1 heterocycles. The van der Waals surface area contributed by atoms with E-state index in [2.05, 4.69) is 0 Å². The Balaban J connectivity index is 1.20. The van der Waals surface area contributed by atoms with Gasteiger partial charge in [0.05, 0.1) is 22.9 Å². The predicted octanol–water partition coefficient (Wildman–Crippen LogP) is 5.16. The normalized spacial score (nSPS) is 41.6. The minimum atomic E-state index is -2.30. The quantitative estimate of drug-likeness (QED) is 0.387. The summed E-state index contributed by atoms with van der Waals surface area (Å²) in [6, 6.07) is 13.0. The standard InChI is InChI=1S/C35H36ClF2NO6/c1-32-10-9-21(41)13-24(32)26(37)14-23-22-15-30-35(29(43)17-40,33(22,2)16-28(42)34(23,32)38)45-31(44-30)20-6-3-18(4-7-20)11-19-5-8-25(36)27(39)12-19/h3-10,12-13,22-23,26,28,30-31,40,42H,11,14-17,39H2,1-2H3. The Morgan fingerprint density at radius 3 is 2.51 bits per heavy atom. The lowest BCUT2D eigenvalue weighted by atomic mass is 9.44. The van der Waals surface area contributed by atoms with Crippen LogP contribution < -0.4 is 5.73 Å². The lowest BCUT2D eigenvalue weighted by molar-refractivity contribution is -0.235. The molecule has 0 bridgehead atoms. The van der Waals surface area contributed by atoms with Crippen LogP contribution >= 0.6 is 11.6 Å². The molecule has 2 aromatic rings. The van der Waals surface area contributed by atoms with Gasteiger partial charge in [-0.2, -0.15) is 0 Å². The van der Waals surface area contributed by atoms with Gasteiger partial charge in [0.15, 0.2) is 29.1 Å². The van der Waals surface area contributed by atoms with Gasteiger partial charge in [0.25, 0.3) is 0 Å². The van der Waals surface area contributed by atoms with E-state index in [1.807, 2.05) is 36.4 Å². The van der Waals surface area contributed by atoms with E-state index in [-0.39, 0.29) is 24.8 Å². The van der Waals surface area contributed by atoms with Crippen LogP contribution in [0.5, 0.6) is 0 Å². The Labute approximate surface area is 265 Å². The average molecular weight is 640 g/mol. The van der Waals surface area contributed by atoms with E-state index in [0.717, 1.165) is 17.2 Å². The molecule has 0 amide bonds. The van der Waals surface area contributed by atoms with Gasteiger partial charge in [-0.1, -0.05) is 54.9 Å². The van der Waals surface area contributed by atoms with Crippen LogP contribution in [0.3, 0.4) is 0 Å². The van der Waals surface area contributed by atoms with Crippen LogP contribution in [0.2, 0.25) is 5.02 Å². The average Bonchev–Trinajstić information content (AvgIpc) is 3.51. The van der Waals surface area contributed by atoms with Crippen molar-refractivity contribution >= 4 is 28.9 Å². The van der Waals surface area contributed by atoms with Crippen molar-refractivity contribution in [3.8, 4) is 0 Å². The number of ether oxygens (including phenoxy) is 2. The lowest BCUT2D eigenvalue weighted by Gasteiger charge is -2.63. The molecule has 4 fully saturated rings. The molecule has 3 saturated carbocycles. The molecule has 10 heteroatoms. The third kappa shape index (κ3) is 4.07. The fourth-order valence-electron chi connectivity index (χ4n) is 9.45. The van der Waals surface area contributed by atoms with Gasteiger partial charge in [-0.05, 0) is 79.5 Å². The molecule has 1 aliphatic heterocycles. The molecule has 4 aliphatic carbocycles. The highest BCUT2D eigenvalue weighted by Crippen LogP contribution is 2.72. The van der Waals surface area contributed by atoms with Crippen LogP contribution in [0, 0.1) is 22.7 Å². The van der Waals surface area contributed by atoms with Crippen molar-refractivity contribution in [1.82, 2.24) is 0 Å². The van der Waals surface area contributed by atoms with E-state index >= 15 is 8.78 Å². The number of alkyl halides is 2. The first-order valence-corrected chi connectivity index (χ1v) is 15.7. The molecule has 0 aromatic heterocycles. The molecule has 7 nitrogen and oxygen atoms in total. The highest BCUT2D eigenvalue weighted by atomic mass is 35.5. The number of ketones is 2. The molecule has 7 rings (SSSR count). The fourth-order valence-corrected chi connectivity index (χ4v) is 9.56. The van der Waals surface area contributed by atoms with E-state index < -0.39 is 76.8 Å². The number of halogens is 3. The Morgan fingerprint density at radius 1 is 1.11 bits per heavy atom. The van der Waals surface area contributed by atoms with E-state index in [0.29, 0.717) is 22.7 Å². The number of fused-ring (bicyclic) bond motifs is 7. The van der Waals surface area contributed by atoms with Gasteiger partial charge in [0.2, 0.25) is 0 Å². The maximum atomic E-state index is 17.6. The van der Waals surface area contributed by atoms with Gasteiger partial charge in [0, 0.05) is 22.3 Å². The summed E-state index contributed by atoms with van der Waals surface area (Å²) in [5.41, 5.74) is 2.44. The second-order valence-electron chi connectivity index (χ2n) is 13.8. The number of nitrogens with two attached hydrogens (primary N) is 1. The SMILES string of the molecule is CC12C=CC(=O)C=C1C(F)CC1C3CC4OC(c5ccc(Cc6ccc(Cl)c(N)c6)cc5)OC4(C(=O)CO)C3(C)CC(O)C12F. The summed E-state index contributed by atoms with van der Waals surface area (Å²) >= 11 is 6.05. The Hall–Kier alpha value is -2.95. The number of benzene rings is 2. The van der Waals surface area contributed by atoms with Crippen molar-refractivity contribution in [2.45, 2.75) is 75.5 Å². The number of nitrogen functional groups attached to an aromatic ring is 1. The number of hydrogen-bond acceptors (Lipinski definition) is 7. The number of carbonyl (C=O) groups is 2. The van der Waals surface area contributed by atoms with Crippen LogP contribution in [0.4, 0.5) is 14.5 Å². The molecule has 2 aromatic carbocycles. The first kappa shape index (κ1) is 30.7.